The molecule has 0 unspecified atom stereocenters. The van der Waals surface area contributed by atoms with E-state index in [1.54, 1.807) is 0 Å². The van der Waals surface area contributed by atoms with Crippen molar-refractivity contribution in [3.8, 4) is 0 Å². The number of aliphatic hydroxyl groups excluding tert-OH is 1. The number of rotatable bonds is 1. The summed E-state index contributed by atoms with van der Waals surface area (Å²) in [5.74, 6) is 0.449. The predicted octanol–water partition coefficient (Wildman–Crippen LogP) is 2.77. The van der Waals surface area contributed by atoms with Gasteiger partial charge in [-0.1, -0.05) is 44.2 Å². The molecule has 0 amide bonds. The topological polar surface area (TPSA) is 37.3 Å². The highest BCUT2D eigenvalue weighted by molar-refractivity contribution is 5.96. The number of fused-ring (bicyclic) bond motifs is 2. The summed E-state index contributed by atoms with van der Waals surface area (Å²) in [4.78, 5) is 12.8. The molecule has 1 N–H and O–H groups in total. The molecule has 3 rings (SSSR count). The minimum atomic E-state index is -0.585. The molecule has 2 heteroatoms. The van der Waals surface area contributed by atoms with E-state index in [1.807, 2.05) is 37.3 Å². The highest BCUT2D eigenvalue weighted by Crippen LogP contribution is 2.67. The summed E-state index contributed by atoms with van der Waals surface area (Å²) < 4.78 is 0. The Balaban J connectivity index is 2.11. The molecule has 1 aromatic rings. The Morgan fingerprint density at radius 2 is 1.78 bits per heavy atom. The fourth-order valence-electron chi connectivity index (χ4n) is 4.17. The lowest BCUT2D eigenvalue weighted by Gasteiger charge is -2.35. The number of ketones is 1. The molecule has 4 atom stereocenters. The molecule has 0 saturated heterocycles. The third-order valence-corrected chi connectivity index (χ3v) is 5.76. The van der Waals surface area contributed by atoms with Gasteiger partial charge in [-0.05, 0) is 30.2 Å². The van der Waals surface area contributed by atoms with Gasteiger partial charge in [-0.2, -0.15) is 0 Å². The molecule has 18 heavy (non-hydrogen) atoms. The molecule has 2 fully saturated rings. The molecule has 2 aliphatic carbocycles. The van der Waals surface area contributed by atoms with Crippen LogP contribution in [0.25, 0.3) is 0 Å². The third kappa shape index (κ3) is 1.15. The molecule has 0 heterocycles. The summed E-state index contributed by atoms with van der Waals surface area (Å²) in [7, 11) is 0. The summed E-state index contributed by atoms with van der Waals surface area (Å²) in [5, 5.41) is 10.2. The van der Waals surface area contributed by atoms with Gasteiger partial charge in [0.05, 0.1) is 11.5 Å². The quantitative estimate of drug-likeness (QED) is 0.824. The van der Waals surface area contributed by atoms with Crippen molar-refractivity contribution < 1.29 is 9.90 Å². The smallest absolute Gasteiger partial charge is 0.149 e. The van der Waals surface area contributed by atoms with Crippen LogP contribution < -0.4 is 0 Å². The number of hydrogen-bond donors (Lipinski definition) is 1. The van der Waals surface area contributed by atoms with Crippen molar-refractivity contribution in [1.29, 1.82) is 0 Å². The van der Waals surface area contributed by atoms with Gasteiger partial charge in [-0.3, -0.25) is 4.79 Å². The van der Waals surface area contributed by atoms with Crippen molar-refractivity contribution in [2.75, 3.05) is 0 Å². The van der Waals surface area contributed by atoms with Crippen LogP contribution in [-0.2, 0) is 4.79 Å². The minimum absolute atomic E-state index is 0.0328. The molecule has 2 aliphatic rings. The summed E-state index contributed by atoms with van der Waals surface area (Å²) >= 11 is 0. The van der Waals surface area contributed by atoms with Crippen molar-refractivity contribution in [3.63, 3.8) is 0 Å². The van der Waals surface area contributed by atoms with Crippen LogP contribution in [0.5, 0.6) is 0 Å². The van der Waals surface area contributed by atoms with E-state index in [1.165, 1.54) is 0 Å². The van der Waals surface area contributed by atoms with E-state index in [4.69, 9.17) is 0 Å². The van der Waals surface area contributed by atoms with Gasteiger partial charge in [0.2, 0.25) is 0 Å². The molecule has 2 bridgehead atoms. The number of aliphatic hydroxyl groups is 1. The van der Waals surface area contributed by atoms with Crippen molar-refractivity contribution in [2.24, 2.45) is 16.7 Å². The van der Waals surface area contributed by atoms with Crippen LogP contribution in [-0.4, -0.2) is 17.0 Å². The van der Waals surface area contributed by atoms with Gasteiger partial charge >= 0.3 is 0 Å². The van der Waals surface area contributed by atoms with E-state index >= 15 is 0 Å². The van der Waals surface area contributed by atoms with Crippen LogP contribution in [0.1, 0.15) is 38.7 Å². The average Bonchev–Trinajstić information content (AvgIpc) is 2.61. The molecule has 0 radical (unpaired) electrons. The van der Waals surface area contributed by atoms with Crippen molar-refractivity contribution in [1.82, 2.24) is 0 Å². The molecule has 0 aromatic heterocycles. The zero-order chi connectivity index (χ0) is 13.1. The van der Waals surface area contributed by atoms with E-state index in [9.17, 15) is 9.90 Å². The summed E-state index contributed by atoms with van der Waals surface area (Å²) in [5.41, 5.74) is 0.401. The zero-order valence-electron chi connectivity index (χ0n) is 11.2. The zero-order valence-corrected chi connectivity index (χ0v) is 11.2. The lowest BCUT2D eigenvalue weighted by Crippen LogP contribution is -2.42. The highest BCUT2D eigenvalue weighted by atomic mass is 16.3. The maximum atomic E-state index is 12.8. The fourth-order valence-corrected chi connectivity index (χ4v) is 4.17. The second-order valence-corrected chi connectivity index (χ2v) is 6.53. The first-order chi connectivity index (χ1) is 8.40. The Labute approximate surface area is 108 Å². The summed E-state index contributed by atoms with van der Waals surface area (Å²) in [6, 6.07) is 10.0. The van der Waals surface area contributed by atoms with E-state index < -0.39 is 11.5 Å². The highest BCUT2D eigenvalue weighted by Gasteiger charge is 2.70. The standard InChI is InChI=1S/C16H20O2/c1-15(2)11-9-12(17)16(15,3)14(18)13(11)10-7-5-4-6-8-10/h4-8,11-13,17H,9H2,1-3H3/t11-,12-,13+,16+/m0/s1. The van der Waals surface area contributed by atoms with Crippen molar-refractivity contribution in [3.05, 3.63) is 35.9 Å². The van der Waals surface area contributed by atoms with Gasteiger partial charge < -0.3 is 5.11 Å². The van der Waals surface area contributed by atoms with Gasteiger partial charge in [-0.25, -0.2) is 0 Å². The Hall–Kier alpha value is -1.15. The SMILES string of the molecule is CC1(C)[C@H]2C[C@H](O)[C@]1(C)C(=O)[C@@H]2c1ccccc1. The number of benzene rings is 1. The van der Waals surface area contributed by atoms with E-state index in [0.717, 1.165) is 12.0 Å². The maximum absolute atomic E-state index is 12.8. The van der Waals surface area contributed by atoms with Crippen molar-refractivity contribution in [2.45, 2.75) is 39.2 Å². The first kappa shape index (κ1) is 11.9. The first-order valence-corrected chi connectivity index (χ1v) is 6.68. The van der Waals surface area contributed by atoms with Gasteiger partial charge in [0.1, 0.15) is 5.78 Å². The number of carbonyl (C=O) groups is 1. The van der Waals surface area contributed by atoms with Crippen LogP contribution in [0.4, 0.5) is 0 Å². The van der Waals surface area contributed by atoms with Crippen LogP contribution in [0.2, 0.25) is 0 Å². The molecule has 1 aromatic carbocycles. The Morgan fingerprint density at radius 3 is 2.28 bits per heavy atom. The molecular weight excluding hydrogens is 224 g/mol. The lowest BCUT2D eigenvalue weighted by molar-refractivity contribution is -0.136. The molecule has 2 nitrogen and oxygen atoms in total. The summed E-state index contributed by atoms with van der Waals surface area (Å²) in [6.45, 7) is 6.21. The number of Topliss-reactive ketones (excluding diaryl/α,β-unsaturated/α-hetero) is 1. The molecule has 96 valence electrons. The fraction of sp³-hybridized carbons (Fsp3) is 0.562. The van der Waals surface area contributed by atoms with Crippen molar-refractivity contribution >= 4 is 5.78 Å². The van der Waals surface area contributed by atoms with E-state index in [-0.39, 0.29) is 23.0 Å². The van der Waals surface area contributed by atoms with Gasteiger partial charge in [0.25, 0.3) is 0 Å². The second kappa shape index (κ2) is 3.45. The molecule has 0 aliphatic heterocycles. The Morgan fingerprint density at radius 1 is 1.17 bits per heavy atom. The average molecular weight is 244 g/mol. The molecule has 2 saturated carbocycles. The van der Waals surface area contributed by atoms with Crippen LogP contribution in [0.3, 0.4) is 0 Å². The molecule has 0 spiro atoms. The molecular formula is C16H20O2. The second-order valence-electron chi connectivity index (χ2n) is 6.53. The first-order valence-electron chi connectivity index (χ1n) is 6.68. The van der Waals surface area contributed by atoms with Gasteiger partial charge in [0.15, 0.2) is 0 Å². The number of carbonyl (C=O) groups excluding carboxylic acids is 1. The Kier molecular flexibility index (Phi) is 2.28. The van der Waals surface area contributed by atoms with E-state index in [2.05, 4.69) is 13.8 Å². The summed E-state index contributed by atoms with van der Waals surface area (Å²) in [6.07, 6.45) is 0.263. The van der Waals surface area contributed by atoms with Crippen LogP contribution in [0.15, 0.2) is 30.3 Å². The minimum Gasteiger partial charge on any atom is -0.392 e. The van der Waals surface area contributed by atoms with Gasteiger partial charge in [-0.15, -0.1) is 0 Å². The number of hydrogen-bond acceptors (Lipinski definition) is 2. The maximum Gasteiger partial charge on any atom is 0.149 e. The van der Waals surface area contributed by atoms with E-state index in [0.29, 0.717) is 0 Å². The largest absolute Gasteiger partial charge is 0.392 e. The van der Waals surface area contributed by atoms with Crippen LogP contribution in [0, 0.1) is 16.7 Å². The lowest BCUT2D eigenvalue weighted by atomic mass is 9.69. The monoisotopic (exact) mass is 244 g/mol. The van der Waals surface area contributed by atoms with Crippen LogP contribution >= 0.6 is 0 Å². The van der Waals surface area contributed by atoms with Gasteiger partial charge in [0, 0.05) is 5.92 Å². The normalized spacial score (nSPS) is 41.3. The third-order valence-electron chi connectivity index (χ3n) is 5.76. The predicted molar refractivity (Wildman–Crippen MR) is 70.2 cm³/mol. The Bertz CT molecular complexity index is 491.